The normalized spacial score (nSPS) is 25.2. The van der Waals surface area contributed by atoms with Crippen LogP contribution in [0.3, 0.4) is 0 Å². The van der Waals surface area contributed by atoms with Crippen LogP contribution >= 0.6 is 0 Å². The zero-order chi connectivity index (χ0) is 11.7. The lowest BCUT2D eigenvalue weighted by Crippen LogP contribution is -2.26. The second-order valence-corrected chi connectivity index (χ2v) is 5.01. The lowest BCUT2D eigenvalue weighted by atomic mass is 9.84. The van der Waals surface area contributed by atoms with Crippen molar-refractivity contribution in [1.82, 2.24) is 9.38 Å². The van der Waals surface area contributed by atoms with Gasteiger partial charge in [-0.05, 0) is 37.3 Å². The van der Waals surface area contributed by atoms with Gasteiger partial charge in [0.25, 0.3) is 0 Å². The summed E-state index contributed by atoms with van der Waals surface area (Å²) < 4.78 is 2.05. The maximum atomic E-state index is 9.97. The summed E-state index contributed by atoms with van der Waals surface area (Å²) in [4.78, 5) is 4.59. The van der Waals surface area contributed by atoms with Crippen molar-refractivity contribution in [3.05, 3.63) is 36.3 Å². The van der Waals surface area contributed by atoms with Crippen molar-refractivity contribution >= 4 is 5.65 Å². The van der Waals surface area contributed by atoms with E-state index in [0.717, 1.165) is 30.6 Å². The van der Waals surface area contributed by atoms with Gasteiger partial charge >= 0.3 is 0 Å². The van der Waals surface area contributed by atoms with E-state index in [9.17, 15) is 5.11 Å². The van der Waals surface area contributed by atoms with Crippen LogP contribution in [0.1, 0.15) is 31.4 Å². The highest BCUT2D eigenvalue weighted by Crippen LogP contribution is 2.27. The summed E-state index contributed by atoms with van der Waals surface area (Å²) in [6.45, 7) is 0. The van der Waals surface area contributed by atoms with E-state index in [1.807, 2.05) is 28.8 Å². The number of pyridine rings is 1. The van der Waals surface area contributed by atoms with Gasteiger partial charge in [-0.25, -0.2) is 4.98 Å². The third-order valence-corrected chi connectivity index (χ3v) is 3.75. The number of aromatic nitrogens is 2. The summed E-state index contributed by atoms with van der Waals surface area (Å²) in [5.74, 6) is 0.397. The molecule has 90 valence electrons. The highest BCUT2D eigenvalue weighted by atomic mass is 16.3. The van der Waals surface area contributed by atoms with Crippen LogP contribution in [0.2, 0.25) is 0 Å². The van der Waals surface area contributed by atoms with Crippen molar-refractivity contribution in [2.45, 2.75) is 38.2 Å². The van der Waals surface area contributed by atoms with E-state index in [1.165, 1.54) is 12.8 Å². The molecule has 3 heteroatoms. The zero-order valence-electron chi connectivity index (χ0n) is 9.92. The van der Waals surface area contributed by atoms with Crippen LogP contribution in [0.5, 0.6) is 0 Å². The Balaban J connectivity index is 1.79. The van der Waals surface area contributed by atoms with Crippen LogP contribution < -0.4 is 0 Å². The highest BCUT2D eigenvalue weighted by Gasteiger charge is 2.23. The van der Waals surface area contributed by atoms with E-state index in [-0.39, 0.29) is 6.10 Å². The lowest BCUT2D eigenvalue weighted by molar-refractivity contribution is 0.0696. The predicted molar refractivity (Wildman–Crippen MR) is 66.9 cm³/mol. The Kier molecular flexibility index (Phi) is 2.85. The largest absolute Gasteiger partial charge is 0.393 e. The van der Waals surface area contributed by atoms with Crippen LogP contribution in [0, 0.1) is 5.92 Å². The van der Waals surface area contributed by atoms with Gasteiger partial charge in [0.05, 0.1) is 11.8 Å². The van der Waals surface area contributed by atoms with Gasteiger partial charge in [-0.15, -0.1) is 0 Å². The van der Waals surface area contributed by atoms with E-state index in [1.54, 1.807) is 0 Å². The minimum absolute atomic E-state index is 0.131. The molecule has 1 aliphatic carbocycles. The van der Waals surface area contributed by atoms with Crippen molar-refractivity contribution in [2.75, 3.05) is 0 Å². The molecule has 0 amide bonds. The van der Waals surface area contributed by atoms with E-state index in [2.05, 4.69) is 11.2 Å². The molecule has 2 aromatic rings. The van der Waals surface area contributed by atoms with Crippen molar-refractivity contribution in [3.63, 3.8) is 0 Å². The molecule has 0 aliphatic heterocycles. The summed E-state index contributed by atoms with van der Waals surface area (Å²) in [5, 5.41) is 9.97. The highest BCUT2D eigenvalue weighted by molar-refractivity contribution is 5.39. The number of hydrogen-bond acceptors (Lipinski definition) is 2. The first kappa shape index (κ1) is 10.8. The van der Waals surface area contributed by atoms with Gasteiger partial charge in [0.1, 0.15) is 5.65 Å². The maximum Gasteiger partial charge on any atom is 0.136 e. The molecule has 1 aliphatic rings. The minimum Gasteiger partial charge on any atom is -0.393 e. The number of hydrogen-bond donors (Lipinski definition) is 1. The zero-order valence-corrected chi connectivity index (χ0v) is 9.92. The molecule has 2 heterocycles. The molecule has 0 spiro atoms. The molecule has 2 aromatic heterocycles. The smallest absolute Gasteiger partial charge is 0.136 e. The van der Waals surface area contributed by atoms with E-state index >= 15 is 0 Å². The molecular weight excluding hydrogens is 212 g/mol. The van der Waals surface area contributed by atoms with Crippen molar-refractivity contribution in [3.8, 4) is 0 Å². The summed E-state index contributed by atoms with van der Waals surface area (Å²) in [6.07, 6.45) is 9.38. The average molecular weight is 230 g/mol. The molecule has 1 N–H and O–H groups in total. The number of nitrogens with zero attached hydrogens (tertiary/aromatic N) is 2. The number of aliphatic hydroxyl groups excluding tert-OH is 1. The van der Waals surface area contributed by atoms with Gasteiger partial charge in [-0.3, -0.25) is 0 Å². The quantitative estimate of drug-likeness (QED) is 0.860. The van der Waals surface area contributed by atoms with Gasteiger partial charge in [0.15, 0.2) is 0 Å². The molecule has 1 saturated carbocycles. The Morgan fingerprint density at radius 3 is 3.00 bits per heavy atom. The maximum absolute atomic E-state index is 9.97. The van der Waals surface area contributed by atoms with Crippen LogP contribution in [-0.4, -0.2) is 20.6 Å². The van der Waals surface area contributed by atoms with Gasteiger partial charge in [0.2, 0.25) is 0 Å². The number of rotatable bonds is 2. The SMILES string of the molecule is OC1CCCCC1Cc1cn2ccccc2n1. The summed E-state index contributed by atoms with van der Waals surface area (Å²) >= 11 is 0. The Morgan fingerprint density at radius 2 is 2.18 bits per heavy atom. The second kappa shape index (κ2) is 4.49. The number of aliphatic hydroxyl groups is 1. The Hall–Kier alpha value is -1.35. The number of imidazole rings is 1. The molecular formula is C14H18N2O. The first-order valence-electron chi connectivity index (χ1n) is 6.43. The van der Waals surface area contributed by atoms with E-state index in [0.29, 0.717) is 5.92 Å². The molecule has 0 bridgehead atoms. The Bertz CT molecular complexity index is 473. The topological polar surface area (TPSA) is 37.5 Å². The summed E-state index contributed by atoms with van der Waals surface area (Å²) in [6, 6.07) is 6.02. The van der Waals surface area contributed by atoms with Crippen LogP contribution in [0.25, 0.3) is 5.65 Å². The van der Waals surface area contributed by atoms with Crippen molar-refractivity contribution in [2.24, 2.45) is 5.92 Å². The van der Waals surface area contributed by atoms with Gasteiger partial charge in [0, 0.05) is 12.4 Å². The predicted octanol–water partition coefficient (Wildman–Crippen LogP) is 2.43. The first-order valence-corrected chi connectivity index (χ1v) is 6.43. The average Bonchev–Trinajstić information content (AvgIpc) is 2.74. The van der Waals surface area contributed by atoms with Gasteiger partial charge in [-0.1, -0.05) is 18.9 Å². The summed E-state index contributed by atoms with van der Waals surface area (Å²) in [5.41, 5.74) is 2.09. The molecule has 3 rings (SSSR count). The molecule has 2 atom stereocenters. The van der Waals surface area contributed by atoms with Crippen molar-refractivity contribution in [1.29, 1.82) is 0 Å². The Labute approximate surface area is 101 Å². The van der Waals surface area contributed by atoms with E-state index in [4.69, 9.17) is 0 Å². The van der Waals surface area contributed by atoms with Gasteiger partial charge < -0.3 is 9.51 Å². The second-order valence-electron chi connectivity index (χ2n) is 5.01. The van der Waals surface area contributed by atoms with E-state index < -0.39 is 0 Å². The van der Waals surface area contributed by atoms with Crippen LogP contribution in [-0.2, 0) is 6.42 Å². The number of fused-ring (bicyclic) bond motifs is 1. The van der Waals surface area contributed by atoms with Crippen molar-refractivity contribution < 1.29 is 5.11 Å². The van der Waals surface area contributed by atoms with Crippen LogP contribution in [0.4, 0.5) is 0 Å². The fourth-order valence-electron chi connectivity index (χ4n) is 2.78. The Morgan fingerprint density at radius 1 is 1.29 bits per heavy atom. The van der Waals surface area contributed by atoms with Gasteiger partial charge in [-0.2, -0.15) is 0 Å². The summed E-state index contributed by atoms with van der Waals surface area (Å²) in [7, 11) is 0. The molecule has 0 saturated heterocycles. The molecule has 0 aromatic carbocycles. The lowest BCUT2D eigenvalue weighted by Gasteiger charge is -2.26. The van der Waals surface area contributed by atoms with Crippen LogP contribution in [0.15, 0.2) is 30.6 Å². The molecule has 0 radical (unpaired) electrons. The molecule has 2 unspecified atom stereocenters. The monoisotopic (exact) mass is 230 g/mol. The fourth-order valence-corrected chi connectivity index (χ4v) is 2.78. The molecule has 17 heavy (non-hydrogen) atoms. The molecule has 3 nitrogen and oxygen atoms in total. The fraction of sp³-hybridized carbons (Fsp3) is 0.500. The third-order valence-electron chi connectivity index (χ3n) is 3.75. The minimum atomic E-state index is -0.131. The standard InChI is InChI=1S/C14H18N2O/c17-13-6-2-1-5-11(13)9-12-10-16-8-4-3-7-14(16)15-12/h3-4,7-8,10-11,13,17H,1-2,5-6,9H2. The first-order chi connectivity index (χ1) is 8.33. The third kappa shape index (κ3) is 2.20. The molecule has 1 fully saturated rings.